The fraction of sp³-hybridized carbons (Fsp3) is 0.417. The lowest BCUT2D eigenvalue weighted by molar-refractivity contribution is -0.159. The molecule has 0 bridgehead atoms. The lowest BCUT2D eigenvalue weighted by Crippen LogP contribution is -2.31. The van der Waals surface area contributed by atoms with Crippen LogP contribution in [0.5, 0.6) is 5.75 Å². The summed E-state index contributed by atoms with van der Waals surface area (Å²) in [5.74, 6) is 0.0812. The number of methoxy groups -OCH3 is 1. The predicted molar refractivity (Wildman–Crippen MR) is 115 cm³/mol. The molecule has 1 atom stereocenters. The number of benzene rings is 2. The van der Waals surface area contributed by atoms with Crippen molar-refractivity contribution in [1.82, 2.24) is 0 Å². The van der Waals surface area contributed by atoms with Crippen molar-refractivity contribution >= 4 is 17.6 Å². The van der Waals surface area contributed by atoms with Gasteiger partial charge in [0.2, 0.25) is 0 Å². The second-order valence-electron chi connectivity index (χ2n) is 8.45. The molecule has 6 heteroatoms. The monoisotopic (exact) mass is 411 g/mol. The minimum Gasteiger partial charge on any atom is -0.489 e. The summed E-state index contributed by atoms with van der Waals surface area (Å²) in [4.78, 5) is 23.9. The van der Waals surface area contributed by atoms with Gasteiger partial charge >= 0.3 is 11.9 Å². The van der Waals surface area contributed by atoms with Gasteiger partial charge in [-0.1, -0.05) is 12.1 Å². The number of hydrogen-bond donors (Lipinski definition) is 1. The van der Waals surface area contributed by atoms with Gasteiger partial charge in [-0.05, 0) is 75.1 Å². The number of carbonyl (C=O) groups excluding carboxylic acids is 2. The Hall–Kier alpha value is -3.02. The Balaban J connectivity index is 1.60. The van der Waals surface area contributed by atoms with Gasteiger partial charge in [0, 0.05) is 12.2 Å². The summed E-state index contributed by atoms with van der Waals surface area (Å²) < 4.78 is 16.2. The van der Waals surface area contributed by atoms with Crippen LogP contribution >= 0.6 is 0 Å². The Kier molecular flexibility index (Phi) is 6.65. The number of aryl methyl sites for hydroxylation is 1. The van der Waals surface area contributed by atoms with E-state index in [0.717, 1.165) is 35.4 Å². The van der Waals surface area contributed by atoms with Gasteiger partial charge < -0.3 is 19.5 Å². The Morgan fingerprint density at radius 3 is 2.50 bits per heavy atom. The third-order valence-electron chi connectivity index (χ3n) is 4.90. The third-order valence-corrected chi connectivity index (χ3v) is 4.90. The summed E-state index contributed by atoms with van der Waals surface area (Å²) in [6.45, 7) is 6.62. The van der Waals surface area contributed by atoms with E-state index in [1.54, 1.807) is 12.1 Å². The smallest absolute Gasteiger partial charge is 0.337 e. The van der Waals surface area contributed by atoms with Gasteiger partial charge in [0.15, 0.2) is 0 Å². The molecule has 1 aliphatic heterocycles. The molecule has 0 saturated heterocycles. The highest BCUT2D eigenvalue weighted by Crippen LogP contribution is 2.29. The lowest BCUT2D eigenvalue weighted by Gasteiger charge is -2.23. The summed E-state index contributed by atoms with van der Waals surface area (Å²) in [5.41, 5.74) is 3.14. The van der Waals surface area contributed by atoms with Gasteiger partial charge in [0.1, 0.15) is 18.0 Å². The molecular weight excluding hydrogens is 382 g/mol. The number of fused-ring (bicyclic) bond motifs is 1. The summed E-state index contributed by atoms with van der Waals surface area (Å²) in [7, 11) is 1.36. The molecule has 0 saturated carbocycles. The van der Waals surface area contributed by atoms with Crippen LogP contribution in [0.15, 0.2) is 42.5 Å². The molecule has 0 aromatic heterocycles. The minimum absolute atomic E-state index is 0.158. The van der Waals surface area contributed by atoms with E-state index in [9.17, 15) is 9.59 Å². The molecule has 0 amide bonds. The van der Waals surface area contributed by atoms with Crippen molar-refractivity contribution in [1.29, 1.82) is 0 Å². The van der Waals surface area contributed by atoms with E-state index in [1.165, 1.54) is 7.11 Å². The van der Waals surface area contributed by atoms with Crippen LogP contribution in [0.1, 0.15) is 48.7 Å². The summed E-state index contributed by atoms with van der Waals surface area (Å²) in [6.07, 6.45) is 1.50. The van der Waals surface area contributed by atoms with E-state index in [1.807, 2.05) is 51.1 Å². The second kappa shape index (κ2) is 9.20. The topological polar surface area (TPSA) is 73.9 Å². The summed E-state index contributed by atoms with van der Waals surface area (Å²) in [5, 5.41) is 3.37. The van der Waals surface area contributed by atoms with E-state index in [4.69, 9.17) is 14.2 Å². The standard InChI is InChI=1S/C24H29NO5/c1-24(2,3)30-23(27)19-10-9-18-13-20(11-12-21(18)25-14-19)29-15-16-5-7-17(8-6-16)22(26)28-4/h5-8,11-13,19,25H,9-10,14-15H2,1-4H3. The second-order valence-corrected chi connectivity index (χ2v) is 8.45. The molecule has 1 N–H and O–H groups in total. The largest absolute Gasteiger partial charge is 0.489 e. The number of carbonyl (C=O) groups is 2. The minimum atomic E-state index is -0.480. The van der Waals surface area contributed by atoms with Gasteiger partial charge in [-0.3, -0.25) is 4.79 Å². The van der Waals surface area contributed by atoms with Crippen LogP contribution in [0, 0.1) is 5.92 Å². The maximum atomic E-state index is 12.4. The molecule has 2 aromatic rings. The molecule has 1 heterocycles. The normalized spacial score (nSPS) is 15.9. The van der Waals surface area contributed by atoms with Gasteiger partial charge in [0.05, 0.1) is 18.6 Å². The zero-order valence-electron chi connectivity index (χ0n) is 18.0. The van der Waals surface area contributed by atoms with Crippen molar-refractivity contribution in [2.75, 3.05) is 19.0 Å². The molecule has 30 heavy (non-hydrogen) atoms. The molecule has 160 valence electrons. The number of anilines is 1. The van der Waals surface area contributed by atoms with Crippen LogP contribution < -0.4 is 10.1 Å². The molecule has 0 aliphatic carbocycles. The molecule has 2 aromatic carbocycles. The maximum Gasteiger partial charge on any atom is 0.337 e. The number of ether oxygens (including phenoxy) is 3. The van der Waals surface area contributed by atoms with Crippen LogP contribution in [0.25, 0.3) is 0 Å². The van der Waals surface area contributed by atoms with Crippen molar-refractivity contribution < 1.29 is 23.8 Å². The van der Waals surface area contributed by atoms with Crippen molar-refractivity contribution in [2.45, 2.75) is 45.8 Å². The average Bonchev–Trinajstić information content (AvgIpc) is 2.93. The number of rotatable bonds is 5. The Morgan fingerprint density at radius 1 is 1.10 bits per heavy atom. The van der Waals surface area contributed by atoms with Gasteiger partial charge in [0.25, 0.3) is 0 Å². The van der Waals surface area contributed by atoms with E-state index < -0.39 is 5.60 Å². The zero-order chi connectivity index (χ0) is 21.7. The molecule has 1 aliphatic rings. The first-order valence-corrected chi connectivity index (χ1v) is 10.1. The zero-order valence-corrected chi connectivity index (χ0v) is 18.0. The van der Waals surface area contributed by atoms with Gasteiger partial charge in [-0.25, -0.2) is 4.79 Å². The van der Waals surface area contributed by atoms with Crippen molar-refractivity contribution in [3.05, 3.63) is 59.2 Å². The quantitative estimate of drug-likeness (QED) is 0.737. The summed E-state index contributed by atoms with van der Waals surface area (Å²) in [6, 6.07) is 13.1. The van der Waals surface area contributed by atoms with E-state index in [0.29, 0.717) is 18.7 Å². The van der Waals surface area contributed by atoms with Crippen LogP contribution in [-0.4, -0.2) is 31.2 Å². The van der Waals surface area contributed by atoms with E-state index >= 15 is 0 Å². The van der Waals surface area contributed by atoms with E-state index in [-0.39, 0.29) is 17.9 Å². The molecule has 6 nitrogen and oxygen atoms in total. The van der Waals surface area contributed by atoms with Crippen molar-refractivity contribution in [3.8, 4) is 5.75 Å². The molecular formula is C24H29NO5. The van der Waals surface area contributed by atoms with Crippen LogP contribution in [0.2, 0.25) is 0 Å². The first-order valence-electron chi connectivity index (χ1n) is 10.1. The first kappa shape index (κ1) is 21.7. The summed E-state index contributed by atoms with van der Waals surface area (Å²) >= 11 is 0. The molecule has 1 unspecified atom stereocenters. The molecule has 3 rings (SSSR count). The Labute approximate surface area is 177 Å². The van der Waals surface area contributed by atoms with E-state index in [2.05, 4.69) is 5.32 Å². The first-order chi connectivity index (χ1) is 14.2. The highest BCUT2D eigenvalue weighted by molar-refractivity contribution is 5.89. The van der Waals surface area contributed by atoms with Gasteiger partial charge in [-0.2, -0.15) is 0 Å². The lowest BCUT2D eigenvalue weighted by atomic mass is 10.0. The highest BCUT2D eigenvalue weighted by Gasteiger charge is 2.27. The van der Waals surface area contributed by atoms with Crippen LogP contribution in [-0.2, 0) is 27.3 Å². The fourth-order valence-electron chi connectivity index (χ4n) is 3.31. The number of nitrogens with one attached hydrogen (secondary N) is 1. The maximum absolute atomic E-state index is 12.4. The number of esters is 2. The third kappa shape index (κ3) is 5.75. The Morgan fingerprint density at radius 2 is 1.83 bits per heavy atom. The van der Waals surface area contributed by atoms with Gasteiger partial charge in [-0.15, -0.1) is 0 Å². The predicted octanol–water partition coefficient (Wildman–Crippen LogP) is 4.37. The molecule has 0 spiro atoms. The fourth-order valence-corrected chi connectivity index (χ4v) is 3.31. The SMILES string of the molecule is COC(=O)c1ccc(COc2ccc3c(c2)CCC(C(=O)OC(C)(C)C)CN3)cc1. The average molecular weight is 411 g/mol. The van der Waals surface area contributed by atoms with Crippen molar-refractivity contribution in [3.63, 3.8) is 0 Å². The molecule has 0 fully saturated rings. The van der Waals surface area contributed by atoms with Crippen LogP contribution in [0.3, 0.4) is 0 Å². The Bertz CT molecular complexity index is 899. The number of hydrogen-bond acceptors (Lipinski definition) is 6. The highest BCUT2D eigenvalue weighted by atomic mass is 16.6. The van der Waals surface area contributed by atoms with Crippen LogP contribution in [0.4, 0.5) is 5.69 Å². The molecule has 0 radical (unpaired) electrons. The van der Waals surface area contributed by atoms with Crippen molar-refractivity contribution in [2.24, 2.45) is 5.92 Å².